The molecule has 192 valence electrons. The second kappa shape index (κ2) is 11.7. The molecule has 0 spiro atoms. The van der Waals surface area contributed by atoms with E-state index in [1.54, 1.807) is 7.11 Å². The molecule has 36 heavy (non-hydrogen) atoms. The maximum atomic E-state index is 13.6. The summed E-state index contributed by atoms with van der Waals surface area (Å²) in [5.41, 5.74) is 0.648. The molecule has 2 aromatic carbocycles. The van der Waals surface area contributed by atoms with Crippen molar-refractivity contribution in [2.75, 3.05) is 19.0 Å². The molecular weight excluding hydrogens is 474 g/mol. The second-order valence-corrected chi connectivity index (χ2v) is 9.94. The number of thiocarbonyl (C=S) groups is 1. The molecule has 1 aliphatic heterocycles. The van der Waals surface area contributed by atoms with Crippen molar-refractivity contribution in [2.24, 2.45) is 5.92 Å². The van der Waals surface area contributed by atoms with E-state index in [-0.39, 0.29) is 24.2 Å². The molecule has 4 rings (SSSR count). The molecule has 1 aliphatic carbocycles. The van der Waals surface area contributed by atoms with Crippen LogP contribution < -0.4 is 20.1 Å². The lowest BCUT2D eigenvalue weighted by molar-refractivity contribution is -0.135. The molecule has 1 heterocycles. The lowest BCUT2D eigenvalue weighted by Crippen LogP contribution is -2.57. The summed E-state index contributed by atoms with van der Waals surface area (Å²) in [5.74, 6) is 1.19. The van der Waals surface area contributed by atoms with Crippen LogP contribution in [-0.4, -0.2) is 41.1 Å². The minimum atomic E-state index is -1.02. The summed E-state index contributed by atoms with van der Waals surface area (Å²) in [6, 6.07) is 15.1. The number of nitrogens with one attached hydrogen (secondary N) is 2. The van der Waals surface area contributed by atoms with Crippen LogP contribution in [0, 0.1) is 5.92 Å². The highest BCUT2D eigenvalue weighted by Crippen LogP contribution is 2.42. The molecule has 1 saturated heterocycles. The zero-order chi connectivity index (χ0) is 25.5. The van der Waals surface area contributed by atoms with E-state index in [0.717, 1.165) is 55.6 Å². The molecule has 1 saturated carbocycles. The van der Waals surface area contributed by atoms with Crippen molar-refractivity contribution < 1.29 is 19.1 Å². The summed E-state index contributed by atoms with van der Waals surface area (Å²) in [7, 11) is 1.63. The van der Waals surface area contributed by atoms with Gasteiger partial charge in [-0.1, -0.05) is 38.3 Å². The van der Waals surface area contributed by atoms with Gasteiger partial charge < -0.3 is 25.0 Å². The van der Waals surface area contributed by atoms with Crippen LogP contribution in [0.3, 0.4) is 0 Å². The molecule has 0 bridgehead atoms. The van der Waals surface area contributed by atoms with Gasteiger partial charge in [0.05, 0.1) is 20.1 Å². The number of carbonyl (C=O) groups is 2. The van der Waals surface area contributed by atoms with Gasteiger partial charge in [0.15, 0.2) is 5.11 Å². The Labute approximate surface area is 218 Å². The van der Waals surface area contributed by atoms with Crippen LogP contribution in [0.1, 0.15) is 57.4 Å². The van der Waals surface area contributed by atoms with Gasteiger partial charge in [-0.15, -0.1) is 0 Å². The fourth-order valence-electron chi connectivity index (χ4n) is 5.31. The van der Waals surface area contributed by atoms with Gasteiger partial charge in [-0.25, -0.2) is 0 Å². The number of carbonyl (C=O) groups excluding carboxylic acids is 2. The summed E-state index contributed by atoms with van der Waals surface area (Å²) in [6.07, 6.45) is 5.99. The number of ether oxygens (including phenoxy) is 2. The van der Waals surface area contributed by atoms with Crippen LogP contribution in [0.5, 0.6) is 11.5 Å². The summed E-state index contributed by atoms with van der Waals surface area (Å²) < 4.78 is 10.9. The van der Waals surface area contributed by atoms with Gasteiger partial charge in [-0.3, -0.25) is 9.59 Å². The van der Waals surface area contributed by atoms with Crippen LogP contribution in [-0.2, 0) is 16.1 Å². The number of anilines is 1. The maximum Gasteiger partial charge on any atom is 0.252 e. The van der Waals surface area contributed by atoms with Crippen LogP contribution in [0.15, 0.2) is 48.5 Å². The van der Waals surface area contributed by atoms with Gasteiger partial charge in [-0.2, -0.15) is 0 Å². The highest BCUT2D eigenvalue weighted by Gasteiger charge is 2.56. The average molecular weight is 510 g/mol. The average Bonchev–Trinajstić information content (AvgIpc) is 3.13. The Balaban J connectivity index is 1.58. The summed E-state index contributed by atoms with van der Waals surface area (Å²) in [6.45, 7) is 3.14. The number of rotatable bonds is 10. The van der Waals surface area contributed by atoms with E-state index in [4.69, 9.17) is 21.7 Å². The summed E-state index contributed by atoms with van der Waals surface area (Å²) >= 11 is 5.64. The SMILES string of the molecule is CCCOc1ccc(NC(=O)CC2(C3CCCCC3)C(=O)NC(=S)N2Cc2ccc(OC)cc2)cc1. The van der Waals surface area contributed by atoms with E-state index in [1.165, 1.54) is 0 Å². The third kappa shape index (κ3) is 5.64. The molecule has 1 unspecified atom stereocenters. The van der Waals surface area contributed by atoms with Gasteiger partial charge in [0, 0.05) is 12.2 Å². The molecule has 7 nitrogen and oxygen atoms in total. The summed E-state index contributed by atoms with van der Waals surface area (Å²) in [5, 5.41) is 6.26. The van der Waals surface area contributed by atoms with Gasteiger partial charge in [0.25, 0.3) is 5.91 Å². The zero-order valence-corrected chi connectivity index (χ0v) is 21.9. The van der Waals surface area contributed by atoms with E-state index >= 15 is 0 Å². The normalized spacial score (nSPS) is 20.2. The lowest BCUT2D eigenvalue weighted by Gasteiger charge is -2.43. The first-order valence-corrected chi connectivity index (χ1v) is 13.2. The zero-order valence-electron chi connectivity index (χ0n) is 21.0. The van der Waals surface area contributed by atoms with E-state index in [1.807, 2.05) is 53.4 Å². The molecule has 0 radical (unpaired) electrons. The Morgan fingerprint density at radius 1 is 1.08 bits per heavy atom. The highest BCUT2D eigenvalue weighted by molar-refractivity contribution is 7.80. The number of benzene rings is 2. The molecule has 0 aromatic heterocycles. The minimum Gasteiger partial charge on any atom is -0.497 e. The van der Waals surface area contributed by atoms with Crippen LogP contribution >= 0.6 is 12.2 Å². The van der Waals surface area contributed by atoms with E-state index in [0.29, 0.717) is 24.0 Å². The standard InChI is InChI=1S/C28H35N3O4S/c1-3-17-35-24-15-11-22(12-16-24)29-25(32)18-28(21-7-5-4-6-8-21)26(33)30-27(36)31(28)19-20-9-13-23(34-2)14-10-20/h9-16,21H,3-8,17-19H2,1-2H3,(H,29,32)(H,30,33,36). The molecule has 2 aromatic rings. The number of hydrogen-bond acceptors (Lipinski definition) is 5. The molecule has 8 heteroatoms. The Hall–Kier alpha value is -3.13. The van der Waals surface area contributed by atoms with Gasteiger partial charge >= 0.3 is 0 Å². The molecule has 2 fully saturated rings. The van der Waals surface area contributed by atoms with Crippen molar-refractivity contribution in [3.05, 3.63) is 54.1 Å². The Morgan fingerprint density at radius 2 is 1.75 bits per heavy atom. The van der Waals surface area contributed by atoms with Crippen LogP contribution in [0.25, 0.3) is 0 Å². The van der Waals surface area contributed by atoms with E-state index in [9.17, 15) is 9.59 Å². The molecular formula is C28H35N3O4S. The predicted octanol–water partition coefficient (Wildman–Crippen LogP) is 5.05. The molecule has 2 N–H and O–H groups in total. The Kier molecular flexibility index (Phi) is 8.46. The first kappa shape index (κ1) is 25.9. The summed E-state index contributed by atoms with van der Waals surface area (Å²) in [4.78, 5) is 28.9. The van der Waals surface area contributed by atoms with Crippen molar-refractivity contribution in [3.63, 3.8) is 0 Å². The number of methoxy groups -OCH3 is 1. The quantitative estimate of drug-likeness (QED) is 0.437. The molecule has 2 amide bonds. The van der Waals surface area contributed by atoms with Crippen molar-refractivity contribution in [1.82, 2.24) is 10.2 Å². The molecule has 2 aliphatic rings. The van der Waals surface area contributed by atoms with Gasteiger partial charge in [0.1, 0.15) is 17.0 Å². The number of amides is 2. The number of hydrogen-bond donors (Lipinski definition) is 2. The van der Waals surface area contributed by atoms with Crippen molar-refractivity contribution in [2.45, 2.75) is 64.0 Å². The lowest BCUT2D eigenvalue weighted by atomic mass is 9.71. The largest absolute Gasteiger partial charge is 0.497 e. The smallest absolute Gasteiger partial charge is 0.252 e. The molecule has 1 atom stereocenters. The van der Waals surface area contributed by atoms with Crippen molar-refractivity contribution >= 4 is 34.8 Å². The Bertz CT molecular complexity index is 1070. The topological polar surface area (TPSA) is 79.9 Å². The van der Waals surface area contributed by atoms with Gasteiger partial charge in [0.2, 0.25) is 5.91 Å². The van der Waals surface area contributed by atoms with Crippen molar-refractivity contribution in [3.8, 4) is 11.5 Å². The first-order valence-electron chi connectivity index (χ1n) is 12.7. The predicted molar refractivity (Wildman–Crippen MR) is 144 cm³/mol. The van der Waals surface area contributed by atoms with Crippen LogP contribution in [0.4, 0.5) is 5.69 Å². The first-order chi connectivity index (χ1) is 17.5. The highest BCUT2D eigenvalue weighted by atomic mass is 32.1. The fourth-order valence-corrected chi connectivity index (χ4v) is 5.63. The van der Waals surface area contributed by atoms with Gasteiger partial charge in [-0.05, 0) is 79.4 Å². The maximum absolute atomic E-state index is 13.6. The van der Waals surface area contributed by atoms with E-state index in [2.05, 4.69) is 17.6 Å². The minimum absolute atomic E-state index is 0.0356. The van der Waals surface area contributed by atoms with E-state index < -0.39 is 5.54 Å². The fraction of sp³-hybridized carbons (Fsp3) is 0.464. The van der Waals surface area contributed by atoms with Crippen molar-refractivity contribution in [1.29, 1.82) is 0 Å². The van der Waals surface area contributed by atoms with Crippen LogP contribution in [0.2, 0.25) is 0 Å². The Morgan fingerprint density at radius 3 is 2.39 bits per heavy atom. The monoisotopic (exact) mass is 509 g/mol. The second-order valence-electron chi connectivity index (χ2n) is 9.55. The third-order valence-corrected chi connectivity index (χ3v) is 7.48. The third-order valence-electron chi connectivity index (χ3n) is 7.16. The number of nitrogens with zero attached hydrogens (tertiary/aromatic N) is 1.